The van der Waals surface area contributed by atoms with Crippen molar-refractivity contribution in [3.05, 3.63) is 55.0 Å². The smallest absolute Gasteiger partial charge is 0.272 e. The molecule has 0 aliphatic rings. The van der Waals surface area contributed by atoms with E-state index in [1.807, 2.05) is 18.4 Å². The third-order valence-corrected chi connectivity index (χ3v) is 4.99. The van der Waals surface area contributed by atoms with Crippen LogP contribution in [0.15, 0.2) is 17.5 Å². The lowest BCUT2D eigenvalue weighted by molar-refractivity contribution is -0.385. The molecule has 25 heavy (non-hydrogen) atoms. The number of nitro benzene ring substituents is 1. The molecule has 0 spiro atoms. The molecule has 5 nitrogen and oxygen atoms in total. The number of nitro groups is 1. The molecule has 9 heteroatoms. The molecule has 0 amide bonds. The highest BCUT2D eigenvalue weighted by Gasteiger charge is 2.14. The molecule has 0 atom stereocenters. The highest BCUT2D eigenvalue weighted by molar-refractivity contribution is 7.09. The summed E-state index contributed by atoms with van der Waals surface area (Å²) in [4.78, 5) is 24.8. The van der Waals surface area contributed by atoms with E-state index in [9.17, 15) is 14.9 Å². The zero-order valence-corrected chi connectivity index (χ0v) is 16.8. The summed E-state index contributed by atoms with van der Waals surface area (Å²) in [6, 6.07) is 3.50. The van der Waals surface area contributed by atoms with E-state index in [0.717, 1.165) is 21.8 Å². The fraction of sp³-hybridized carbons (Fsp3) is 0.375. The molecule has 0 radical (unpaired) electrons. The summed E-state index contributed by atoms with van der Waals surface area (Å²) in [5, 5.41) is 13.8. The van der Waals surface area contributed by atoms with Gasteiger partial charge in [-0.1, -0.05) is 0 Å². The number of carbonyl (C=O) groups is 1. The minimum absolute atomic E-state index is 0.0312. The zero-order valence-electron chi connectivity index (χ0n) is 13.7. The number of halogens is 3. The maximum absolute atomic E-state index is 10.9. The Hall–Kier alpha value is -1.21. The van der Waals surface area contributed by atoms with Crippen molar-refractivity contribution in [3.8, 4) is 0 Å². The Morgan fingerprint density at radius 1 is 1.20 bits per heavy atom. The first-order valence-electron chi connectivity index (χ1n) is 7.19. The highest BCUT2D eigenvalue weighted by atomic mass is 35.5. The van der Waals surface area contributed by atoms with Crippen molar-refractivity contribution in [2.75, 3.05) is 11.8 Å². The van der Waals surface area contributed by atoms with Crippen molar-refractivity contribution in [2.45, 2.75) is 26.1 Å². The minimum Gasteiger partial charge on any atom is -0.297 e. The van der Waals surface area contributed by atoms with Crippen LogP contribution in [0.5, 0.6) is 0 Å². The van der Waals surface area contributed by atoms with E-state index in [0.29, 0.717) is 17.9 Å². The molecule has 0 fully saturated rings. The van der Waals surface area contributed by atoms with Crippen molar-refractivity contribution in [1.82, 2.24) is 4.98 Å². The quantitative estimate of drug-likeness (QED) is 0.371. The Morgan fingerprint density at radius 3 is 2.28 bits per heavy atom. The number of thiazole rings is 1. The Kier molecular flexibility index (Phi) is 9.35. The van der Waals surface area contributed by atoms with Crippen LogP contribution in [0.3, 0.4) is 0 Å². The molecule has 0 saturated carbocycles. The van der Waals surface area contributed by atoms with Crippen molar-refractivity contribution in [3.63, 3.8) is 0 Å². The average molecular weight is 424 g/mol. The van der Waals surface area contributed by atoms with E-state index >= 15 is 0 Å². The normalized spacial score (nSPS) is 10.1. The van der Waals surface area contributed by atoms with Crippen LogP contribution in [0.4, 0.5) is 5.69 Å². The number of aromatic nitrogens is 1. The van der Waals surface area contributed by atoms with Gasteiger partial charge in [-0.2, -0.15) is 0 Å². The first-order valence-corrected chi connectivity index (χ1v) is 9.68. The fourth-order valence-corrected chi connectivity index (χ4v) is 3.27. The second-order valence-electron chi connectivity index (χ2n) is 5.17. The molecule has 1 aromatic heterocycles. The SMILES string of the molecule is Cc1cc([N+](=O)[O-])c(C)cc1Cc1nc(CCl)cs1.O=C(CCl)CCl. The lowest BCUT2D eigenvalue weighted by Crippen LogP contribution is -1.98. The number of Topliss-reactive ketones (excluding diaryl/α,β-unsaturated/α-hetero) is 1. The van der Waals surface area contributed by atoms with Crippen molar-refractivity contribution < 1.29 is 9.72 Å². The summed E-state index contributed by atoms with van der Waals surface area (Å²) >= 11 is 17.3. The van der Waals surface area contributed by atoms with Gasteiger partial charge in [0.15, 0.2) is 5.78 Å². The Bertz CT molecular complexity index is 744. The van der Waals surface area contributed by atoms with E-state index in [1.54, 1.807) is 24.3 Å². The third-order valence-electron chi connectivity index (χ3n) is 3.23. The monoisotopic (exact) mass is 422 g/mol. The molecule has 0 aliphatic carbocycles. The van der Waals surface area contributed by atoms with Gasteiger partial charge in [0.05, 0.1) is 33.3 Å². The van der Waals surface area contributed by atoms with Crippen molar-refractivity contribution in [2.24, 2.45) is 0 Å². The van der Waals surface area contributed by atoms with Crippen LogP contribution in [0.2, 0.25) is 0 Å². The predicted molar refractivity (Wildman–Crippen MR) is 103 cm³/mol. The minimum atomic E-state index is -0.346. The Labute approximate surface area is 165 Å². The summed E-state index contributed by atoms with van der Waals surface area (Å²) in [5.74, 6) is 0.347. The molecule has 136 valence electrons. The number of rotatable bonds is 6. The molecule has 0 bridgehead atoms. The molecule has 1 heterocycles. The molecule has 0 unspecified atom stereocenters. The van der Waals surface area contributed by atoms with Gasteiger partial charge in [-0.15, -0.1) is 46.1 Å². The van der Waals surface area contributed by atoms with Gasteiger partial charge in [-0.25, -0.2) is 4.98 Å². The van der Waals surface area contributed by atoms with Gasteiger partial charge >= 0.3 is 0 Å². The number of benzene rings is 1. The second-order valence-corrected chi connectivity index (χ2v) is 6.92. The molecule has 0 aliphatic heterocycles. The predicted octanol–water partition coefficient (Wildman–Crippen LogP) is 5.03. The van der Waals surface area contributed by atoms with Gasteiger partial charge in [-0.05, 0) is 31.0 Å². The van der Waals surface area contributed by atoms with Crippen LogP contribution >= 0.6 is 46.1 Å². The number of aryl methyl sites for hydroxylation is 2. The van der Waals surface area contributed by atoms with E-state index in [2.05, 4.69) is 4.98 Å². The summed E-state index contributed by atoms with van der Waals surface area (Å²) in [7, 11) is 0. The standard InChI is InChI=1S/C13H13ClN2O2S.C3H4Cl2O/c1-8-4-12(16(17)18)9(2)3-10(8)5-13-15-11(6-14)7-19-13;4-1-3(6)2-5/h3-4,7H,5-6H2,1-2H3;1-2H2. The summed E-state index contributed by atoms with van der Waals surface area (Å²) in [6.07, 6.45) is 0.687. The number of hydrogen-bond donors (Lipinski definition) is 0. The lowest BCUT2D eigenvalue weighted by atomic mass is 10.0. The first kappa shape index (κ1) is 21.8. The maximum Gasteiger partial charge on any atom is 0.272 e. The van der Waals surface area contributed by atoms with E-state index in [-0.39, 0.29) is 28.2 Å². The van der Waals surface area contributed by atoms with E-state index in [1.165, 1.54) is 0 Å². The Balaban J connectivity index is 0.000000450. The maximum atomic E-state index is 10.9. The van der Waals surface area contributed by atoms with Gasteiger partial charge in [0, 0.05) is 23.4 Å². The highest BCUT2D eigenvalue weighted by Crippen LogP contribution is 2.25. The number of carbonyl (C=O) groups excluding carboxylic acids is 1. The zero-order chi connectivity index (χ0) is 19.0. The molecule has 0 N–H and O–H groups in total. The molecule has 2 aromatic rings. The van der Waals surface area contributed by atoms with E-state index in [4.69, 9.17) is 34.8 Å². The molecule has 1 aromatic carbocycles. The van der Waals surface area contributed by atoms with Crippen LogP contribution in [-0.4, -0.2) is 27.5 Å². The van der Waals surface area contributed by atoms with E-state index < -0.39 is 0 Å². The van der Waals surface area contributed by atoms with Crippen LogP contribution < -0.4 is 0 Å². The number of hydrogen-bond acceptors (Lipinski definition) is 5. The van der Waals surface area contributed by atoms with Crippen LogP contribution in [-0.2, 0) is 17.1 Å². The van der Waals surface area contributed by atoms with Crippen LogP contribution in [0, 0.1) is 24.0 Å². The van der Waals surface area contributed by atoms with Gasteiger partial charge in [0.25, 0.3) is 5.69 Å². The topological polar surface area (TPSA) is 73.1 Å². The summed E-state index contributed by atoms with van der Waals surface area (Å²) < 4.78 is 0. The average Bonchev–Trinajstić information content (AvgIpc) is 3.05. The molecular formula is C16H17Cl3N2O3S. The third kappa shape index (κ3) is 6.90. The largest absolute Gasteiger partial charge is 0.297 e. The van der Waals surface area contributed by atoms with Gasteiger partial charge < -0.3 is 0 Å². The number of alkyl halides is 3. The number of nitrogens with zero attached hydrogens (tertiary/aromatic N) is 2. The fourth-order valence-electron chi connectivity index (χ4n) is 1.94. The van der Waals surface area contributed by atoms with Crippen molar-refractivity contribution in [1.29, 1.82) is 0 Å². The second kappa shape index (κ2) is 10.7. The molecule has 0 saturated heterocycles. The molecule has 2 rings (SSSR count). The first-order chi connectivity index (χ1) is 11.8. The van der Waals surface area contributed by atoms with Crippen LogP contribution in [0.25, 0.3) is 0 Å². The van der Waals surface area contributed by atoms with Crippen molar-refractivity contribution >= 4 is 57.6 Å². The van der Waals surface area contributed by atoms with Gasteiger partial charge in [-0.3, -0.25) is 14.9 Å². The van der Waals surface area contributed by atoms with Gasteiger partial charge in [0.1, 0.15) is 0 Å². The number of ketones is 1. The van der Waals surface area contributed by atoms with Crippen LogP contribution in [0.1, 0.15) is 27.4 Å². The Morgan fingerprint density at radius 2 is 1.84 bits per heavy atom. The summed E-state index contributed by atoms with van der Waals surface area (Å²) in [5.41, 5.74) is 3.71. The van der Waals surface area contributed by atoms with Gasteiger partial charge in [0.2, 0.25) is 0 Å². The molecular weight excluding hydrogens is 407 g/mol. The lowest BCUT2D eigenvalue weighted by Gasteiger charge is -2.06. The summed E-state index contributed by atoms with van der Waals surface area (Å²) in [6.45, 7) is 3.64.